The van der Waals surface area contributed by atoms with Crippen LogP contribution in [0.15, 0.2) is 93.6 Å². The summed E-state index contributed by atoms with van der Waals surface area (Å²) in [4.78, 5) is 17.0. The second-order valence-electron chi connectivity index (χ2n) is 16.6. The number of benzene rings is 3. The summed E-state index contributed by atoms with van der Waals surface area (Å²) < 4.78 is 12.5. The van der Waals surface area contributed by atoms with Crippen molar-refractivity contribution in [2.75, 3.05) is 0 Å². The van der Waals surface area contributed by atoms with Gasteiger partial charge in [0, 0.05) is 59.7 Å². The van der Waals surface area contributed by atoms with Crippen LogP contribution in [0.2, 0.25) is 0 Å². The second-order valence-corrected chi connectivity index (χ2v) is 16.6. The largest absolute Gasteiger partial charge is 0.512 e. The number of carbonyl (C=O) groups excluding carboxylic acids is 1. The Labute approximate surface area is 336 Å². The number of aliphatic hydroxyl groups is 1. The molecule has 0 aliphatic rings. The van der Waals surface area contributed by atoms with Gasteiger partial charge in [0.25, 0.3) is 0 Å². The predicted octanol–water partition coefficient (Wildman–Crippen LogP) is 14.0. The van der Waals surface area contributed by atoms with E-state index < -0.39 is 0 Å². The monoisotopic (exact) mass is 905 g/mol. The maximum absolute atomic E-state index is 12.2. The number of aromatic nitrogens is 1. The minimum Gasteiger partial charge on any atom is -0.512 e. The molecular formula is C48H58IrNO4-. The Kier molecular flexibility index (Phi) is 13.6. The number of pyridine rings is 1. The Morgan fingerprint density at radius 2 is 1.43 bits per heavy atom. The normalized spacial score (nSPS) is 12.6. The average Bonchev–Trinajstić information content (AvgIpc) is 3.77. The van der Waals surface area contributed by atoms with Crippen molar-refractivity contribution in [3.63, 3.8) is 0 Å². The van der Waals surface area contributed by atoms with Crippen LogP contribution in [0.5, 0.6) is 0 Å². The Bertz CT molecular complexity index is 2240. The van der Waals surface area contributed by atoms with Gasteiger partial charge in [0.05, 0.1) is 0 Å². The molecule has 5 nitrogen and oxygen atoms in total. The molecule has 0 atom stereocenters. The second kappa shape index (κ2) is 17.2. The molecule has 0 spiro atoms. The molecule has 0 fully saturated rings. The van der Waals surface area contributed by atoms with E-state index in [0.29, 0.717) is 11.7 Å². The standard InChI is InChI=1S/C33H30NO2.C15H28O2.Ir/c1-20(2)14-21-10-11-23-18-30(36-29(23)15-21)31-19-26-28(35-31)12-13-34-32(26)24-16-22-8-6-7-9-25(22)27(17-24)33(3,4)5;1-7-14(5,8-2)12(16)11-13(17)15(6,9-3)10-4;/h6-13,15,17-20H,14H2,1-5H3;11,16H,7-10H2,1-6H3;/q-1;;/b;12-11-;. The summed E-state index contributed by atoms with van der Waals surface area (Å²) in [6, 6.07) is 26.8. The molecule has 0 unspecified atom stereocenters. The maximum Gasteiger partial charge on any atom is 0.170 e. The molecule has 0 amide bonds. The van der Waals surface area contributed by atoms with Crippen LogP contribution in [0.1, 0.15) is 113 Å². The molecular weight excluding hydrogens is 847 g/mol. The molecule has 6 aromatic rings. The van der Waals surface area contributed by atoms with Crippen molar-refractivity contribution >= 4 is 38.5 Å². The molecule has 3 aromatic carbocycles. The topological polar surface area (TPSA) is 76.5 Å². The quantitative estimate of drug-likeness (QED) is 0.0796. The summed E-state index contributed by atoms with van der Waals surface area (Å²) in [6.45, 7) is 23.3. The Morgan fingerprint density at radius 1 is 0.796 bits per heavy atom. The third-order valence-corrected chi connectivity index (χ3v) is 11.4. The van der Waals surface area contributed by atoms with E-state index in [4.69, 9.17) is 13.8 Å². The van der Waals surface area contributed by atoms with E-state index in [0.717, 1.165) is 76.4 Å². The number of allylic oxidation sites excluding steroid dienone is 2. The summed E-state index contributed by atoms with van der Waals surface area (Å²) in [7, 11) is 0. The number of ketones is 1. The number of nitrogens with zero attached hydrogens (tertiary/aromatic N) is 1. The molecule has 0 saturated heterocycles. The number of hydrogen-bond donors (Lipinski definition) is 1. The molecule has 1 radical (unpaired) electrons. The molecule has 54 heavy (non-hydrogen) atoms. The molecule has 0 bridgehead atoms. The van der Waals surface area contributed by atoms with Gasteiger partial charge in [-0.15, -0.1) is 29.1 Å². The number of carbonyl (C=O) groups is 1. The van der Waals surface area contributed by atoms with Crippen LogP contribution in [0.4, 0.5) is 0 Å². The summed E-state index contributed by atoms with van der Waals surface area (Å²) >= 11 is 0. The average molecular weight is 905 g/mol. The van der Waals surface area contributed by atoms with Gasteiger partial charge >= 0.3 is 0 Å². The first-order valence-corrected chi connectivity index (χ1v) is 19.4. The van der Waals surface area contributed by atoms with Crippen molar-refractivity contribution in [1.82, 2.24) is 4.98 Å². The van der Waals surface area contributed by atoms with E-state index in [2.05, 4.69) is 95.3 Å². The smallest absolute Gasteiger partial charge is 0.170 e. The van der Waals surface area contributed by atoms with E-state index >= 15 is 0 Å². The van der Waals surface area contributed by atoms with Crippen molar-refractivity contribution < 1.29 is 38.8 Å². The zero-order valence-corrected chi connectivity index (χ0v) is 36.5. The van der Waals surface area contributed by atoms with Crippen LogP contribution in [-0.2, 0) is 36.7 Å². The maximum atomic E-state index is 12.2. The van der Waals surface area contributed by atoms with E-state index in [1.807, 2.05) is 59.9 Å². The summed E-state index contributed by atoms with van der Waals surface area (Å²) in [5.41, 5.74) is 5.47. The molecule has 1 N–H and O–H groups in total. The van der Waals surface area contributed by atoms with Gasteiger partial charge in [0.2, 0.25) is 0 Å². The first-order valence-electron chi connectivity index (χ1n) is 19.4. The number of aliphatic hydroxyl groups excluding tert-OH is 1. The molecule has 6 rings (SSSR count). The van der Waals surface area contributed by atoms with E-state index in [1.165, 1.54) is 22.6 Å². The van der Waals surface area contributed by atoms with Gasteiger partial charge in [-0.1, -0.05) is 117 Å². The van der Waals surface area contributed by atoms with Crippen LogP contribution in [0.3, 0.4) is 0 Å². The van der Waals surface area contributed by atoms with Crippen molar-refractivity contribution in [1.29, 1.82) is 0 Å². The van der Waals surface area contributed by atoms with Crippen LogP contribution < -0.4 is 0 Å². The summed E-state index contributed by atoms with van der Waals surface area (Å²) in [6.07, 6.45) is 7.59. The Balaban J connectivity index is 0.000000309. The molecule has 0 aliphatic carbocycles. The zero-order chi connectivity index (χ0) is 38.7. The van der Waals surface area contributed by atoms with Crippen LogP contribution >= 0.6 is 0 Å². The first kappa shape index (κ1) is 42.7. The Morgan fingerprint density at radius 3 is 2.06 bits per heavy atom. The van der Waals surface area contributed by atoms with E-state index in [-0.39, 0.29) is 47.9 Å². The number of fused-ring (bicyclic) bond motifs is 3. The molecule has 3 aromatic heterocycles. The van der Waals surface area contributed by atoms with Crippen LogP contribution in [0.25, 0.3) is 55.5 Å². The fraction of sp³-hybridized carbons (Fsp3) is 0.417. The molecule has 3 heterocycles. The Hall–Kier alpha value is -3.99. The van der Waals surface area contributed by atoms with Crippen molar-refractivity contribution in [2.45, 2.75) is 114 Å². The van der Waals surface area contributed by atoms with Crippen molar-refractivity contribution in [3.05, 3.63) is 102 Å². The number of rotatable bonds is 11. The van der Waals surface area contributed by atoms with Gasteiger partial charge in [0.1, 0.15) is 16.9 Å². The van der Waals surface area contributed by atoms with Crippen LogP contribution in [0, 0.1) is 22.8 Å². The van der Waals surface area contributed by atoms with Gasteiger partial charge in [-0.05, 0) is 73.3 Å². The minimum absolute atomic E-state index is 0. The van der Waals surface area contributed by atoms with Gasteiger partial charge in [-0.3, -0.25) is 9.78 Å². The molecule has 0 saturated carbocycles. The van der Waals surface area contributed by atoms with Crippen molar-refractivity contribution in [3.8, 4) is 22.8 Å². The summed E-state index contributed by atoms with van der Waals surface area (Å²) in [5.74, 6) is 2.32. The van der Waals surface area contributed by atoms with Gasteiger partial charge in [-0.2, -0.15) is 0 Å². The van der Waals surface area contributed by atoms with Gasteiger partial charge < -0.3 is 13.9 Å². The van der Waals surface area contributed by atoms with Gasteiger partial charge in [-0.25, -0.2) is 0 Å². The zero-order valence-electron chi connectivity index (χ0n) is 34.1. The predicted molar refractivity (Wildman–Crippen MR) is 221 cm³/mol. The molecule has 0 aliphatic heterocycles. The fourth-order valence-corrected chi connectivity index (χ4v) is 6.76. The molecule has 6 heteroatoms. The first-order chi connectivity index (χ1) is 25.0. The van der Waals surface area contributed by atoms with E-state index in [1.54, 1.807) is 0 Å². The van der Waals surface area contributed by atoms with Crippen LogP contribution in [-0.4, -0.2) is 15.9 Å². The molecule has 289 valence electrons. The number of hydrogen-bond acceptors (Lipinski definition) is 5. The van der Waals surface area contributed by atoms with Gasteiger partial charge in [0.15, 0.2) is 17.3 Å². The third kappa shape index (κ3) is 9.09. The fourth-order valence-electron chi connectivity index (χ4n) is 6.76. The third-order valence-electron chi connectivity index (χ3n) is 11.4. The number of furan rings is 2. The summed E-state index contributed by atoms with van der Waals surface area (Å²) in [5, 5.41) is 14.5. The SMILES string of the molecule is CC(C)Cc1ccc2cc(-c3cc4c(-c5[c-]c6ccccc6c(C(C)(C)C)c5)nccc4o3)oc2c1.CCC(C)(CC)C(=O)/C=C(\O)C(C)(CC)CC.[Ir]. The minimum atomic E-state index is -0.337. The van der Waals surface area contributed by atoms with Crippen molar-refractivity contribution in [2.24, 2.45) is 16.7 Å². The van der Waals surface area contributed by atoms with E-state index in [9.17, 15) is 9.90 Å².